The normalized spacial score (nSPS) is 17.5. The number of esters is 2. The van der Waals surface area contributed by atoms with Gasteiger partial charge < -0.3 is 9.47 Å². The molecule has 1 aliphatic heterocycles. The van der Waals surface area contributed by atoms with E-state index >= 15 is 0 Å². The fourth-order valence-corrected chi connectivity index (χ4v) is 1.13. The molecule has 0 amide bonds. The molecule has 1 aliphatic rings. The zero-order chi connectivity index (χ0) is 12.8. The lowest BCUT2D eigenvalue weighted by atomic mass is 10.2. The summed E-state index contributed by atoms with van der Waals surface area (Å²) < 4.78 is 9.07. The van der Waals surface area contributed by atoms with Gasteiger partial charge >= 0.3 is 11.9 Å². The van der Waals surface area contributed by atoms with Crippen LogP contribution >= 0.6 is 0 Å². The maximum Gasteiger partial charge on any atom is 0.375 e. The first-order valence-corrected chi connectivity index (χ1v) is 4.85. The minimum Gasteiger partial charge on any atom is -0.464 e. The van der Waals surface area contributed by atoms with E-state index in [4.69, 9.17) is 0 Å². The van der Waals surface area contributed by atoms with Crippen LogP contribution in [0.1, 0.15) is 13.3 Å². The number of aliphatic imine (C=N–C) groups is 1. The van der Waals surface area contributed by atoms with Crippen LogP contribution in [0.15, 0.2) is 21.9 Å². The highest BCUT2D eigenvalue weighted by Crippen LogP contribution is 2.09. The SMILES string of the molecule is C/C=C1/CC(C(=O)OC)=NNC(C(=O)OC)=N1. The van der Waals surface area contributed by atoms with Crippen LogP contribution in [0.2, 0.25) is 0 Å². The van der Waals surface area contributed by atoms with Gasteiger partial charge in [0.2, 0.25) is 5.84 Å². The fourth-order valence-electron chi connectivity index (χ4n) is 1.13. The summed E-state index contributed by atoms with van der Waals surface area (Å²) in [5, 5.41) is 3.76. The van der Waals surface area contributed by atoms with Crippen molar-refractivity contribution in [2.24, 2.45) is 10.1 Å². The van der Waals surface area contributed by atoms with Crippen LogP contribution in [0.3, 0.4) is 0 Å². The van der Waals surface area contributed by atoms with E-state index < -0.39 is 11.9 Å². The first-order valence-electron chi connectivity index (χ1n) is 4.85. The molecule has 0 spiro atoms. The number of amidine groups is 1. The third kappa shape index (κ3) is 3.13. The Morgan fingerprint density at radius 1 is 1.29 bits per heavy atom. The van der Waals surface area contributed by atoms with Crippen molar-refractivity contribution in [3.05, 3.63) is 11.8 Å². The lowest BCUT2D eigenvalue weighted by Crippen LogP contribution is -2.29. The van der Waals surface area contributed by atoms with Crippen molar-refractivity contribution in [1.29, 1.82) is 0 Å². The molecule has 0 aliphatic carbocycles. The number of hydrogen-bond donors (Lipinski definition) is 1. The first-order chi connectivity index (χ1) is 8.12. The largest absolute Gasteiger partial charge is 0.464 e. The van der Waals surface area contributed by atoms with Gasteiger partial charge in [-0.25, -0.2) is 14.6 Å². The second-order valence-corrected chi connectivity index (χ2v) is 3.07. The Morgan fingerprint density at radius 3 is 2.47 bits per heavy atom. The van der Waals surface area contributed by atoms with Crippen molar-refractivity contribution in [1.82, 2.24) is 5.43 Å². The molecule has 1 rings (SSSR count). The van der Waals surface area contributed by atoms with Gasteiger partial charge in [0.05, 0.1) is 14.2 Å². The lowest BCUT2D eigenvalue weighted by molar-refractivity contribution is -0.133. The van der Waals surface area contributed by atoms with Crippen LogP contribution in [0.5, 0.6) is 0 Å². The highest BCUT2D eigenvalue weighted by atomic mass is 16.5. The Kier molecular flexibility index (Phi) is 4.38. The molecule has 0 bridgehead atoms. The van der Waals surface area contributed by atoms with E-state index in [1.165, 1.54) is 14.2 Å². The molecular weight excluding hydrogens is 226 g/mol. The molecule has 0 saturated heterocycles. The van der Waals surface area contributed by atoms with E-state index in [0.717, 1.165) is 0 Å². The van der Waals surface area contributed by atoms with Crippen LogP contribution in [0.25, 0.3) is 0 Å². The summed E-state index contributed by atoms with van der Waals surface area (Å²) in [5.74, 6) is -1.29. The number of rotatable bonds is 2. The van der Waals surface area contributed by atoms with Gasteiger partial charge in [0, 0.05) is 12.1 Å². The number of allylic oxidation sites excluding steroid dienone is 2. The summed E-state index contributed by atoms with van der Waals surface area (Å²) in [6, 6.07) is 0. The van der Waals surface area contributed by atoms with Gasteiger partial charge in [0.1, 0.15) is 0 Å². The molecule has 0 saturated carbocycles. The van der Waals surface area contributed by atoms with Gasteiger partial charge in [-0.05, 0) is 6.92 Å². The highest BCUT2D eigenvalue weighted by Gasteiger charge is 2.20. The summed E-state index contributed by atoms with van der Waals surface area (Å²) in [6.07, 6.45) is 1.87. The van der Waals surface area contributed by atoms with E-state index in [9.17, 15) is 9.59 Å². The zero-order valence-corrected chi connectivity index (χ0v) is 9.81. The molecule has 7 nitrogen and oxygen atoms in total. The summed E-state index contributed by atoms with van der Waals surface area (Å²) in [4.78, 5) is 26.6. The second-order valence-electron chi connectivity index (χ2n) is 3.07. The fraction of sp³-hybridized carbons (Fsp3) is 0.400. The molecule has 0 aromatic carbocycles. The molecule has 0 aromatic rings. The Morgan fingerprint density at radius 2 is 1.94 bits per heavy atom. The van der Waals surface area contributed by atoms with Crippen LogP contribution in [-0.4, -0.2) is 37.7 Å². The summed E-state index contributed by atoms with van der Waals surface area (Å²) in [5.41, 5.74) is 3.05. The van der Waals surface area contributed by atoms with E-state index in [1.807, 2.05) is 0 Å². The maximum atomic E-state index is 11.3. The number of nitrogens with zero attached hydrogens (tertiary/aromatic N) is 2. The quantitative estimate of drug-likeness (QED) is 0.684. The monoisotopic (exact) mass is 239 g/mol. The molecular formula is C10H13N3O4. The average molecular weight is 239 g/mol. The zero-order valence-electron chi connectivity index (χ0n) is 9.81. The first kappa shape index (κ1) is 12.9. The van der Waals surface area contributed by atoms with Crippen molar-refractivity contribution >= 4 is 23.5 Å². The maximum absolute atomic E-state index is 11.3. The molecule has 92 valence electrons. The van der Waals surface area contributed by atoms with Crippen molar-refractivity contribution in [2.45, 2.75) is 13.3 Å². The van der Waals surface area contributed by atoms with Crippen LogP contribution < -0.4 is 5.43 Å². The molecule has 0 fully saturated rings. The Bertz CT molecular complexity index is 423. The van der Waals surface area contributed by atoms with Gasteiger partial charge in [-0.3, -0.25) is 5.43 Å². The smallest absolute Gasteiger partial charge is 0.375 e. The van der Waals surface area contributed by atoms with E-state index in [0.29, 0.717) is 5.70 Å². The van der Waals surface area contributed by atoms with Gasteiger partial charge in [-0.1, -0.05) is 6.08 Å². The van der Waals surface area contributed by atoms with Gasteiger partial charge in [0.25, 0.3) is 0 Å². The second kappa shape index (κ2) is 5.78. The van der Waals surface area contributed by atoms with E-state index in [1.54, 1.807) is 13.0 Å². The molecule has 1 heterocycles. The van der Waals surface area contributed by atoms with Crippen molar-refractivity contribution in [2.75, 3.05) is 14.2 Å². The number of nitrogens with one attached hydrogen (secondary N) is 1. The molecule has 0 atom stereocenters. The van der Waals surface area contributed by atoms with Gasteiger partial charge in [-0.2, -0.15) is 5.10 Å². The third-order valence-electron chi connectivity index (χ3n) is 2.03. The number of hydrazone groups is 1. The Labute approximate surface area is 98.2 Å². The Balaban J connectivity index is 3.01. The predicted molar refractivity (Wildman–Crippen MR) is 60.4 cm³/mol. The highest BCUT2D eigenvalue weighted by molar-refractivity contribution is 6.39. The van der Waals surface area contributed by atoms with Crippen LogP contribution in [0, 0.1) is 0 Å². The predicted octanol–water partition coefficient (Wildman–Crippen LogP) is -0.0160. The van der Waals surface area contributed by atoms with Crippen molar-refractivity contribution in [3.8, 4) is 0 Å². The van der Waals surface area contributed by atoms with Crippen molar-refractivity contribution < 1.29 is 19.1 Å². The van der Waals surface area contributed by atoms with Crippen molar-refractivity contribution in [3.63, 3.8) is 0 Å². The number of carbonyl (C=O) groups excluding carboxylic acids is 2. The van der Waals surface area contributed by atoms with E-state index in [-0.39, 0.29) is 18.0 Å². The molecule has 7 heteroatoms. The number of methoxy groups -OCH3 is 2. The molecule has 0 aromatic heterocycles. The third-order valence-corrected chi connectivity index (χ3v) is 2.03. The number of ether oxygens (including phenoxy) is 2. The van der Waals surface area contributed by atoms with Gasteiger partial charge in [-0.15, -0.1) is 0 Å². The summed E-state index contributed by atoms with van der Waals surface area (Å²) in [7, 11) is 2.49. The molecule has 17 heavy (non-hydrogen) atoms. The molecule has 1 N–H and O–H groups in total. The van der Waals surface area contributed by atoms with Crippen LogP contribution in [0.4, 0.5) is 0 Å². The number of hydrogen-bond acceptors (Lipinski definition) is 7. The minimum absolute atomic E-state index is 0.0699. The standard InChI is InChI=1S/C10H13N3O4/c1-4-6-5-7(9(14)16-2)12-13-8(11-6)10(15)17-3/h4H,5H2,1-3H3,(H,11,13)/b6-4-. The minimum atomic E-state index is -0.654. The average Bonchev–Trinajstić information content (AvgIpc) is 2.59. The Hall–Kier alpha value is -2.18. The summed E-state index contributed by atoms with van der Waals surface area (Å²) >= 11 is 0. The van der Waals surface area contributed by atoms with Gasteiger partial charge in [0.15, 0.2) is 5.71 Å². The number of carbonyl (C=O) groups is 2. The van der Waals surface area contributed by atoms with Crippen LogP contribution in [-0.2, 0) is 19.1 Å². The molecule has 0 radical (unpaired) electrons. The lowest BCUT2D eigenvalue weighted by Gasteiger charge is -2.00. The molecule has 0 unspecified atom stereocenters. The topological polar surface area (TPSA) is 89.3 Å². The summed E-state index contributed by atoms with van der Waals surface area (Å²) in [6.45, 7) is 1.74. The van der Waals surface area contributed by atoms with E-state index in [2.05, 4.69) is 25.0 Å².